The number of benzene rings is 1. The van der Waals surface area contributed by atoms with Crippen LogP contribution >= 0.6 is 0 Å². The van der Waals surface area contributed by atoms with Crippen LogP contribution in [0.5, 0.6) is 5.75 Å². The van der Waals surface area contributed by atoms with Gasteiger partial charge in [-0.3, -0.25) is 0 Å². The average molecular weight is 296 g/mol. The van der Waals surface area contributed by atoms with Gasteiger partial charge in [-0.25, -0.2) is 4.79 Å². The minimum atomic E-state index is -0.309. The van der Waals surface area contributed by atoms with E-state index in [4.69, 9.17) is 9.15 Å². The van der Waals surface area contributed by atoms with Crippen molar-refractivity contribution in [3.8, 4) is 5.75 Å². The van der Waals surface area contributed by atoms with Crippen LogP contribution in [0.1, 0.15) is 38.5 Å². The van der Waals surface area contributed by atoms with Gasteiger partial charge in [0.25, 0.3) is 0 Å². The summed E-state index contributed by atoms with van der Waals surface area (Å²) in [5.41, 5.74) is 0.900. The van der Waals surface area contributed by atoms with Crippen molar-refractivity contribution in [1.82, 2.24) is 0 Å². The van der Waals surface area contributed by atoms with Gasteiger partial charge in [0.1, 0.15) is 11.3 Å². The third-order valence-electron chi connectivity index (χ3n) is 6.31. The Labute approximate surface area is 129 Å². The van der Waals surface area contributed by atoms with Gasteiger partial charge in [0.15, 0.2) is 0 Å². The van der Waals surface area contributed by atoms with Gasteiger partial charge in [-0.2, -0.15) is 0 Å². The molecule has 2 bridgehead atoms. The Hall–Kier alpha value is -1.77. The van der Waals surface area contributed by atoms with Crippen LogP contribution in [0.4, 0.5) is 0 Å². The Bertz CT molecular complexity index is 793. The van der Waals surface area contributed by atoms with Crippen LogP contribution < -0.4 is 10.4 Å². The highest BCUT2D eigenvalue weighted by Crippen LogP contribution is 2.65. The van der Waals surface area contributed by atoms with E-state index in [1.165, 1.54) is 44.6 Å². The van der Waals surface area contributed by atoms with Crippen molar-refractivity contribution in [3.05, 3.63) is 40.8 Å². The highest BCUT2D eigenvalue weighted by Gasteiger charge is 2.57. The van der Waals surface area contributed by atoms with E-state index in [1.54, 1.807) is 6.07 Å². The third kappa shape index (κ3) is 1.84. The lowest BCUT2D eigenvalue weighted by atomic mass is 9.78. The molecule has 0 radical (unpaired) electrons. The highest BCUT2D eigenvalue weighted by atomic mass is 16.5. The Balaban J connectivity index is 1.39. The molecule has 3 saturated carbocycles. The van der Waals surface area contributed by atoms with Gasteiger partial charge in [-0.15, -0.1) is 0 Å². The molecule has 1 heterocycles. The molecule has 0 aliphatic heterocycles. The van der Waals surface area contributed by atoms with Gasteiger partial charge >= 0.3 is 5.63 Å². The Morgan fingerprint density at radius 3 is 2.91 bits per heavy atom. The second-order valence-corrected chi connectivity index (χ2v) is 7.54. The van der Waals surface area contributed by atoms with E-state index in [0.717, 1.165) is 23.0 Å². The zero-order valence-electron chi connectivity index (χ0n) is 12.6. The van der Waals surface area contributed by atoms with Crippen LogP contribution in [0.2, 0.25) is 0 Å². The Morgan fingerprint density at radius 2 is 2.05 bits per heavy atom. The summed E-state index contributed by atoms with van der Waals surface area (Å²) in [5.74, 6) is 2.72. The maximum absolute atomic E-state index is 11.3. The molecule has 4 atom stereocenters. The first-order valence-corrected chi connectivity index (χ1v) is 8.41. The van der Waals surface area contributed by atoms with Gasteiger partial charge in [-0.1, -0.05) is 0 Å². The lowest BCUT2D eigenvalue weighted by molar-refractivity contribution is 0.182. The quantitative estimate of drug-likeness (QED) is 0.782. The van der Waals surface area contributed by atoms with Crippen molar-refractivity contribution in [2.24, 2.45) is 17.3 Å². The fraction of sp³-hybridized carbons (Fsp3) is 0.526. The molecular weight excluding hydrogens is 276 g/mol. The van der Waals surface area contributed by atoms with E-state index in [9.17, 15) is 4.79 Å². The van der Waals surface area contributed by atoms with Gasteiger partial charge in [-0.05, 0) is 74.0 Å². The van der Waals surface area contributed by atoms with Crippen LogP contribution in [0.3, 0.4) is 0 Å². The normalized spacial score (nSPS) is 35.9. The molecule has 3 aliphatic carbocycles. The molecule has 3 heteroatoms. The summed E-state index contributed by atoms with van der Waals surface area (Å²) in [7, 11) is 0. The Morgan fingerprint density at radius 1 is 1.14 bits per heavy atom. The van der Waals surface area contributed by atoms with Crippen molar-refractivity contribution in [2.45, 2.75) is 44.6 Å². The molecule has 2 unspecified atom stereocenters. The smallest absolute Gasteiger partial charge is 0.336 e. The number of hydrogen-bond donors (Lipinski definition) is 0. The SMILES string of the molecule is O=c1ccc2ccc(O[C@@H]3CC4C[C@@H]5CCC4(C5)C3)cc2o1. The standard InChI is InChI=1S/C19H20O3/c20-18-4-2-13-1-3-15(9-17(13)22-18)21-16-8-14-7-12-5-6-19(14,10-12)11-16/h1-4,9,12,14,16H,5-8,10-11H2/t12-,14?,16+,19?/m0/s1. The zero-order valence-corrected chi connectivity index (χ0v) is 12.6. The van der Waals surface area contributed by atoms with E-state index >= 15 is 0 Å². The predicted molar refractivity (Wildman–Crippen MR) is 84.0 cm³/mol. The van der Waals surface area contributed by atoms with Crippen molar-refractivity contribution in [1.29, 1.82) is 0 Å². The summed E-state index contributed by atoms with van der Waals surface area (Å²) in [6, 6.07) is 9.07. The summed E-state index contributed by atoms with van der Waals surface area (Å²) in [6.45, 7) is 0. The topological polar surface area (TPSA) is 39.4 Å². The maximum atomic E-state index is 11.3. The molecule has 1 spiro atoms. The van der Waals surface area contributed by atoms with E-state index in [0.29, 0.717) is 17.1 Å². The van der Waals surface area contributed by atoms with Crippen molar-refractivity contribution in [2.75, 3.05) is 0 Å². The molecule has 0 saturated heterocycles. The van der Waals surface area contributed by atoms with Gasteiger partial charge in [0, 0.05) is 17.5 Å². The number of hydrogen-bond acceptors (Lipinski definition) is 3. The number of fused-ring (bicyclic) bond motifs is 2. The fourth-order valence-corrected chi connectivity index (χ4v) is 5.44. The molecule has 22 heavy (non-hydrogen) atoms. The third-order valence-corrected chi connectivity index (χ3v) is 6.31. The fourth-order valence-electron chi connectivity index (χ4n) is 5.44. The minimum Gasteiger partial charge on any atom is -0.490 e. The molecule has 3 nitrogen and oxygen atoms in total. The molecule has 0 amide bonds. The predicted octanol–water partition coefficient (Wildman–Crippen LogP) is 4.14. The van der Waals surface area contributed by atoms with Crippen molar-refractivity contribution < 1.29 is 9.15 Å². The molecule has 1 aromatic heterocycles. The van der Waals surface area contributed by atoms with Crippen LogP contribution in [0.25, 0.3) is 11.0 Å². The zero-order chi connectivity index (χ0) is 14.7. The number of ether oxygens (including phenoxy) is 1. The molecule has 0 N–H and O–H groups in total. The van der Waals surface area contributed by atoms with E-state index < -0.39 is 0 Å². The number of rotatable bonds is 2. The second-order valence-electron chi connectivity index (χ2n) is 7.54. The first-order valence-electron chi connectivity index (χ1n) is 8.41. The van der Waals surface area contributed by atoms with Crippen LogP contribution in [-0.2, 0) is 0 Å². The molecule has 5 rings (SSSR count). The van der Waals surface area contributed by atoms with Crippen LogP contribution in [-0.4, -0.2) is 6.10 Å². The van der Waals surface area contributed by atoms with Crippen molar-refractivity contribution in [3.63, 3.8) is 0 Å². The van der Waals surface area contributed by atoms with Gasteiger partial charge < -0.3 is 9.15 Å². The summed E-state index contributed by atoms with van der Waals surface area (Å²) in [5, 5.41) is 0.937. The van der Waals surface area contributed by atoms with E-state index in [-0.39, 0.29) is 5.63 Å². The largest absolute Gasteiger partial charge is 0.490 e. The van der Waals surface area contributed by atoms with E-state index in [2.05, 4.69) is 0 Å². The molecular formula is C19H20O3. The average Bonchev–Trinajstić information content (AvgIpc) is 3.13. The van der Waals surface area contributed by atoms with Gasteiger partial charge in [0.2, 0.25) is 0 Å². The monoisotopic (exact) mass is 296 g/mol. The summed E-state index contributed by atoms with van der Waals surface area (Å²) >= 11 is 0. The van der Waals surface area contributed by atoms with Crippen LogP contribution in [0, 0.1) is 17.3 Å². The van der Waals surface area contributed by atoms with E-state index in [1.807, 2.05) is 18.2 Å². The summed E-state index contributed by atoms with van der Waals surface area (Å²) in [6.07, 6.45) is 8.45. The molecule has 3 fully saturated rings. The summed E-state index contributed by atoms with van der Waals surface area (Å²) in [4.78, 5) is 11.3. The lowest BCUT2D eigenvalue weighted by Crippen LogP contribution is -2.19. The second kappa shape index (κ2) is 4.37. The molecule has 3 aliphatic rings. The Kier molecular flexibility index (Phi) is 2.53. The minimum absolute atomic E-state index is 0.309. The van der Waals surface area contributed by atoms with Crippen LogP contribution in [0.15, 0.2) is 39.5 Å². The first kappa shape index (κ1) is 12.7. The van der Waals surface area contributed by atoms with Crippen molar-refractivity contribution >= 4 is 11.0 Å². The maximum Gasteiger partial charge on any atom is 0.336 e. The van der Waals surface area contributed by atoms with Gasteiger partial charge in [0.05, 0.1) is 6.10 Å². The molecule has 1 aromatic carbocycles. The molecule has 2 aromatic rings. The lowest BCUT2D eigenvalue weighted by Gasteiger charge is -2.27. The molecule has 114 valence electrons. The summed E-state index contributed by atoms with van der Waals surface area (Å²) < 4.78 is 11.5. The highest BCUT2D eigenvalue weighted by molar-refractivity contribution is 5.77. The first-order chi connectivity index (χ1) is 10.7.